The minimum absolute atomic E-state index is 0.0144. The van der Waals surface area contributed by atoms with Gasteiger partial charge in [-0.05, 0) is 86.1 Å². The van der Waals surface area contributed by atoms with Crippen molar-refractivity contribution in [3.63, 3.8) is 0 Å². The van der Waals surface area contributed by atoms with Crippen LogP contribution in [0.15, 0.2) is 48.8 Å². The zero-order chi connectivity index (χ0) is 25.9. The molecule has 2 aliphatic rings. The normalized spacial score (nSPS) is 25.7. The molecule has 0 spiro atoms. The van der Waals surface area contributed by atoms with Crippen LogP contribution in [0.3, 0.4) is 0 Å². The van der Waals surface area contributed by atoms with Crippen molar-refractivity contribution in [2.24, 2.45) is 28.9 Å². The monoisotopic (exact) mass is 510 g/mol. The molecule has 0 radical (unpaired) electrons. The van der Waals surface area contributed by atoms with E-state index < -0.39 is 11.5 Å². The number of hydrogen-bond acceptors (Lipinski definition) is 4. The Kier molecular flexibility index (Phi) is 8.06. The molecule has 1 heterocycles. The van der Waals surface area contributed by atoms with E-state index >= 15 is 0 Å². The molecule has 0 bridgehead atoms. The molecule has 194 valence electrons. The lowest BCUT2D eigenvalue weighted by atomic mass is 9.62. The summed E-state index contributed by atoms with van der Waals surface area (Å²) in [7, 11) is 0. The summed E-state index contributed by atoms with van der Waals surface area (Å²) >= 11 is 6.05. The van der Waals surface area contributed by atoms with E-state index in [2.05, 4.69) is 29.5 Å². The number of rotatable bonds is 9. The van der Waals surface area contributed by atoms with E-state index in [1.807, 2.05) is 31.2 Å². The third kappa shape index (κ3) is 6.27. The highest BCUT2D eigenvalue weighted by atomic mass is 35.5. The Morgan fingerprint density at radius 2 is 1.78 bits per heavy atom. The summed E-state index contributed by atoms with van der Waals surface area (Å²) in [5.74, 6) is 0.670. The highest BCUT2D eigenvalue weighted by Gasteiger charge is 2.47. The molecule has 7 heteroatoms. The van der Waals surface area contributed by atoms with Gasteiger partial charge < -0.3 is 16.4 Å². The summed E-state index contributed by atoms with van der Waals surface area (Å²) < 4.78 is 0. The smallest absolute Gasteiger partial charge is 0.237 e. The summed E-state index contributed by atoms with van der Waals surface area (Å²) in [6.07, 6.45) is 8.69. The minimum Gasteiger partial charge on any atom is -0.354 e. The van der Waals surface area contributed by atoms with Crippen molar-refractivity contribution in [1.82, 2.24) is 10.3 Å². The SMILES string of the molecule is CC(C)CC1CC(C(N)C(=O)NCC2(c3ccc(Cl)cc3)CC2)CC(C)(C(=O)Nc2ccncc2)C1. The number of nitrogens with zero attached hydrogens (tertiary/aromatic N) is 1. The summed E-state index contributed by atoms with van der Waals surface area (Å²) in [4.78, 5) is 30.7. The highest BCUT2D eigenvalue weighted by molar-refractivity contribution is 6.30. The first-order chi connectivity index (χ1) is 17.1. The molecule has 4 atom stereocenters. The van der Waals surface area contributed by atoms with Crippen LogP contribution >= 0.6 is 11.6 Å². The molecule has 0 saturated heterocycles. The van der Waals surface area contributed by atoms with Gasteiger partial charge in [0.1, 0.15) is 0 Å². The Morgan fingerprint density at radius 1 is 1.11 bits per heavy atom. The first-order valence-electron chi connectivity index (χ1n) is 13.1. The van der Waals surface area contributed by atoms with E-state index in [-0.39, 0.29) is 23.1 Å². The van der Waals surface area contributed by atoms with Crippen LogP contribution in [0, 0.1) is 23.2 Å². The Balaban J connectivity index is 1.43. The predicted molar refractivity (Wildman–Crippen MR) is 145 cm³/mol. The van der Waals surface area contributed by atoms with E-state index in [4.69, 9.17) is 17.3 Å². The number of carbonyl (C=O) groups is 2. The van der Waals surface area contributed by atoms with Crippen molar-refractivity contribution >= 4 is 29.1 Å². The van der Waals surface area contributed by atoms with E-state index in [0.29, 0.717) is 29.8 Å². The van der Waals surface area contributed by atoms with Gasteiger partial charge in [0.05, 0.1) is 6.04 Å². The van der Waals surface area contributed by atoms with Crippen LogP contribution in [-0.4, -0.2) is 29.4 Å². The lowest BCUT2D eigenvalue weighted by Crippen LogP contribution is -2.52. The number of nitrogens with one attached hydrogen (secondary N) is 2. The molecule has 4 unspecified atom stereocenters. The fraction of sp³-hybridized carbons (Fsp3) is 0.552. The molecule has 2 amide bonds. The summed E-state index contributed by atoms with van der Waals surface area (Å²) in [6, 6.07) is 10.8. The van der Waals surface area contributed by atoms with Gasteiger partial charge >= 0.3 is 0 Å². The first-order valence-corrected chi connectivity index (χ1v) is 13.5. The van der Waals surface area contributed by atoms with Crippen molar-refractivity contribution in [3.05, 3.63) is 59.4 Å². The van der Waals surface area contributed by atoms with Gasteiger partial charge in [-0.15, -0.1) is 0 Å². The molecular formula is C29H39ClN4O2. The van der Waals surface area contributed by atoms with Crippen molar-refractivity contribution in [1.29, 1.82) is 0 Å². The quantitative estimate of drug-likeness (QED) is 0.425. The maximum Gasteiger partial charge on any atom is 0.237 e. The second-order valence-electron chi connectivity index (χ2n) is 11.7. The van der Waals surface area contributed by atoms with E-state index in [0.717, 1.165) is 37.8 Å². The molecule has 1 aromatic heterocycles. The Bertz CT molecular complexity index is 1050. The molecule has 0 aliphatic heterocycles. The van der Waals surface area contributed by atoms with Gasteiger partial charge in [-0.3, -0.25) is 14.6 Å². The van der Waals surface area contributed by atoms with Gasteiger partial charge in [-0.1, -0.05) is 44.5 Å². The predicted octanol–water partition coefficient (Wildman–Crippen LogP) is 5.32. The standard InChI is InChI=1S/C29H39ClN4O2/c1-19(2)14-20-15-21(17-28(3,16-20)27(36)34-24-8-12-32-13-9-24)25(31)26(35)33-18-29(10-11-29)22-4-6-23(30)7-5-22/h4-9,12-13,19-21,25H,10-11,14-18,31H2,1-3H3,(H,33,35)(H,32,34,36). The van der Waals surface area contributed by atoms with Gasteiger partial charge in [0.25, 0.3) is 0 Å². The summed E-state index contributed by atoms with van der Waals surface area (Å²) in [5.41, 5.74) is 7.92. The Labute approximate surface area is 219 Å². The number of aromatic nitrogens is 1. The number of hydrogen-bond donors (Lipinski definition) is 3. The number of pyridine rings is 1. The maximum atomic E-state index is 13.4. The van der Waals surface area contributed by atoms with Crippen LogP contribution < -0.4 is 16.4 Å². The Morgan fingerprint density at radius 3 is 2.39 bits per heavy atom. The number of carbonyl (C=O) groups excluding carboxylic acids is 2. The van der Waals surface area contributed by atoms with Crippen LogP contribution in [0.5, 0.6) is 0 Å². The number of benzene rings is 1. The molecule has 1 aromatic carbocycles. The third-order valence-corrected chi connectivity index (χ3v) is 8.35. The van der Waals surface area contributed by atoms with E-state index in [1.54, 1.807) is 24.5 Å². The highest BCUT2D eigenvalue weighted by Crippen LogP contribution is 2.48. The lowest BCUT2D eigenvalue weighted by molar-refractivity contribution is -0.131. The molecular weight excluding hydrogens is 472 g/mol. The minimum atomic E-state index is -0.644. The molecule has 2 fully saturated rings. The van der Waals surface area contributed by atoms with Crippen LogP contribution in [0.1, 0.15) is 64.9 Å². The average Bonchev–Trinajstić information content (AvgIpc) is 3.63. The molecule has 4 rings (SSSR count). The number of anilines is 1. The number of halogens is 1. The zero-order valence-electron chi connectivity index (χ0n) is 21.6. The first kappa shape index (κ1) is 26.6. The van der Waals surface area contributed by atoms with Crippen LogP contribution in [0.4, 0.5) is 5.69 Å². The molecule has 2 aromatic rings. The largest absolute Gasteiger partial charge is 0.354 e. The fourth-order valence-corrected chi connectivity index (χ4v) is 6.15. The topological polar surface area (TPSA) is 97.1 Å². The number of amides is 2. The molecule has 2 saturated carbocycles. The lowest BCUT2D eigenvalue weighted by Gasteiger charge is -2.43. The van der Waals surface area contributed by atoms with Crippen molar-refractivity contribution < 1.29 is 9.59 Å². The second kappa shape index (κ2) is 10.9. The maximum absolute atomic E-state index is 13.4. The average molecular weight is 511 g/mol. The summed E-state index contributed by atoms with van der Waals surface area (Å²) in [5, 5.41) is 6.92. The van der Waals surface area contributed by atoms with Gasteiger partial charge in [-0.25, -0.2) is 0 Å². The van der Waals surface area contributed by atoms with Crippen LogP contribution in [-0.2, 0) is 15.0 Å². The van der Waals surface area contributed by atoms with Gasteiger partial charge in [0.2, 0.25) is 11.8 Å². The zero-order valence-corrected chi connectivity index (χ0v) is 22.4. The van der Waals surface area contributed by atoms with E-state index in [9.17, 15) is 9.59 Å². The van der Waals surface area contributed by atoms with Gasteiger partial charge in [0.15, 0.2) is 0 Å². The Hall–Kier alpha value is -2.44. The van der Waals surface area contributed by atoms with Crippen LogP contribution in [0.25, 0.3) is 0 Å². The second-order valence-corrected chi connectivity index (χ2v) is 12.1. The fourth-order valence-electron chi connectivity index (χ4n) is 6.03. The molecule has 36 heavy (non-hydrogen) atoms. The summed E-state index contributed by atoms with van der Waals surface area (Å²) in [6.45, 7) is 7.00. The molecule has 6 nitrogen and oxygen atoms in total. The van der Waals surface area contributed by atoms with Gasteiger partial charge in [-0.2, -0.15) is 0 Å². The van der Waals surface area contributed by atoms with E-state index in [1.165, 1.54) is 5.56 Å². The van der Waals surface area contributed by atoms with Gasteiger partial charge in [0, 0.05) is 40.5 Å². The molecule has 4 N–H and O–H groups in total. The third-order valence-electron chi connectivity index (χ3n) is 8.10. The number of nitrogens with two attached hydrogens (primary N) is 1. The van der Waals surface area contributed by atoms with Crippen molar-refractivity contribution in [3.8, 4) is 0 Å². The van der Waals surface area contributed by atoms with Crippen molar-refractivity contribution in [2.75, 3.05) is 11.9 Å². The van der Waals surface area contributed by atoms with Crippen molar-refractivity contribution in [2.45, 2.75) is 70.8 Å². The van der Waals surface area contributed by atoms with Crippen LogP contribution in [0.2, 0.25) is 5.02 Å². The molecule has 2 aliphatic carbocycles.